The summed E-state index contributed by atoms with van der Waals surface area (Å²) in [6, 6.07) is 13.7. The number of hydrogen-bond donors (Lipinski definition) is 1. The van der Waals surface area contributed by atoms with E-state index in [-0.39, 0.29) is 11.9 Å². The minimum Gasteiger partial charge on any atom is -0.337 e. The van der Waals surface area contributed by atoms with Gasteiger partial charge in [-0.25, -0.2) is 9.97 Å². The zero-order valence-corrected chi connectivity index (χ0v) is 19.4. The second-order valence-electron chi connectivity index (χ2n) is 8.49. The standard InChI is InChI=1S/C25H25N5O2S/c1-16-4-3-5-17(10-16)19-12-27-25(28-13-19)30-15-23(33(2)32)21-7-6-18(11-22(21)30)24(31)29-9-8-20(26)14-29/h3-7,10-13,15,20H,8-9,14,26H2,1-2H3/t20-,33?/m1/s1. The molecule has 0 bridgehead atoms. The van der Waals surface area contributed by atoms with Gasteiger partial charge in [-0.05, 0) is 31.0 Å². The number of benzene rings is 2. The highest BCUT2D eigenvalue weighted by Crippen LogP contribution is 2.28. The van der Waals surface area contributed by atoms with Gasteiger partial charge in [0, 0.05) is 60.5 Å². The Morgan fingerprint density at radius 2 is 1.91 bits per heavy atom. The van der Waals surface area contributed by atoms with Crippen LogP contribution in [0.3, 0.4) is 0 Å². The van der Waals surface area contributed by atoms with Crippen LogP contribution in [-0.2, 0) is 10.8 Å². The average Bonchev–Trinajstić information content (AvgIpc) is 3.42. The summed E-state index contributed by atoms with van der Waals surface area (Å²) in [6.45, 7) is 3.27. The molecule has 1 fully saturated rings. The highest BCUT2D eigenvalue weighted by molar-refractivity contribution is 7.84. The number of amides is 1. The summed E-state index contributed by atoms with van der Waals surface area (Å²) in [7, 11) is -1.21. The van der Waals surface area contributed by atoms with Crippen LogP contribution in [0.1, 0.15) is 22.3 Å². The minimum atomic E-state index is -1.21. The van der Waals surface area contributed by atoms with Crippen LogP contribution in [-0.4, -0.2) is 54.9 Å². The first-order valence-corrected chi connectivity index (χ1v) is 12.4. The number of carbonyl (C=O) groups excluding carboxylic acids is 1. The monoisotopic (exact) mass is 459 g/mol. The van der Waals surface area contributed by atoms with Crippen molar-refractivity contribution in [3.63, 3.8) is 0 Å². The zero-order valence-electron chi connectivity index (χ0n) is 18.6. The molecule has 2 aromatic carbocycles. The Hall–Kier alpha value is -3.36. The summed E-state index contributed by atoms with van der Waals surface area (Å²) >= 11 is 0. The molecule has 1 saturated heterocycles. The van der Waals surface area contributed by atoms with E-state index in [9.17, 15) is 9.00 Å². The molecule has 0 spiro atoms. The SMILES string of the molecule is Cc1cccc(-c2cnc(-n3cc(S(C)=O)c4ccc(C(=O)N5CC[C@@H](N)C5)cc43)nc2)c1. The van der Waals surface area contributed by atoms with E-state index in [0.717, 1.165) is 28.5 Å². The van der Waals surface area contributed by atoms with E-state index >= 15 is 0 Å². The molecule has 0 aliphatic carbocycles. The molecule has 4 aromatic rings. The van der Waals surface area contributed by atoms with Crippen LogP contribution in [0.5, 0.6) is 0 Å². The molecule has 1 aliphatic heterocycles. The van der Waals surface area contributed by atoms with Crippen molar-refractivity contribution in [1.82, 2.24) is 19.4 Å². The Kier molecular flexibility index (Phi) is 5.55. The van der Waals surface area contributed by atoms with Gasteiger partial charge in [0.2, 0.25) is 5.95 Å². The summed E-state index contributed by atoms with van der Waals surface area (Å²) in [5.41, 5.74) is 10.4. The molecule has 0 saturated carbocycles. The molecule has 0 radical (unpaired) electrons. The van der Waals surface area contributed by atoms with Crippen molar-refractivity contribution in [2.45, 2.75) is 24.3 Å². The lowest BCUT2D eigenvalue weighted by Crippen LogP contribution is -2.31. The smallest absolute Gasteiger partial charge is 0.253 e. The maximum atomic E-state index is 13.0. The average molecular weight is 460 g/mol. The zero-order chi connectivity index (χ0) is 23.1. The third-order valence-corrected chi connectivity index (χ3v) is 6.99. The molecule has 7 nitrogen and oxygen atoms in total. The fourth-order valence-corrected chi connectivity index (χ4v) is 5.03. The summed E-state index contributed by atoms with van der Waals surface area (Å²) in [5.74, 6) is 0.411. The number of carbonyl (C=O) groups is 1. The molecular weight excluding hydrogens is 434 g/mol. The topological polar surface area (TPSA) is 94.1 Å². The van der Waals surface area contributed by atoms with Crippen molar-refractivity contribution in [3.8, 4) is 17.1 Å². The molecule has 2 N–H and O–H groups in total. The molecule has 8 heteroatoms. The van der Waals surface area contributed by atoms with E-state index in [4.69, 9.17) is 5.73 Å². The maximum absolute atomic E-state index is 13.0. The molecule has 33 heavy (non-hydrogen) atoms. The lowest BCUT2D eigenvalue weighted by atomic mass is 10.1. The first-order valence-electron chi connectivity index (χ1n) is 10.8. The normalized spacial score (nSPS) is 16.9. The minimum absolute atomic E-state index is 0.0241. The van der Waals surface area contributed by atoms with Crippen molar-refractivity contribution in [1.29, 1.82) is 0 Å². The molecule has 1 amide bonds. The number of aryl methyl sites for hydroxylation is 1. The Morgan fingerprint density at radius 3 is 2.58 bits per heavy atom. The predicted octanol–water partition coefficient (Wildman–Crippen LogP) is 3.31. The van der Waals surface area contributed by atoms with Gasteiger partial charge in [0.1, 0.15) is 0 Å². The number of aromatic nitrogens is 3. The number of rotatable bonds is 4. The summed E-state index contributed by atoms with van der Waals surface area (Å²) in [6.07, 6.45) is 7.82. The molecule has 5 rings (SSSR count). The van der Waals surface area contributed by atoms with Gasteiger partial charge in [0.25, 0.3) is 5.91 Å². The Morgan fingerprint density at radius 1 is 1.12 bits per heavy atom. The first kappa shape index (κ1) is 21.5. The van der Waals surface area contributed by atoms with Crippen molar-refractivity contribution in [2.24, 2.45) is 5.73 Å². The van der Waals surface area contributed by atoms with Crippen LogP contribution in [0.2, 0.25) is 0 Å². The van der Waals surface area contributed by atoms with Crippen LogP contribution >= 0.6 is 0 Å². The van der Waals surface area contributed by atoms with Crippen molar-refractivity contribution < 1.29 is 9.00 Å². The maximum Gasteiger partial charge on any atom is 0.253 e. The summed E-state index contributed by atoms with van der Waals surface area (Å²) in [4.78, 5) is 24.6. The van der Waals surface area contributed by atoms with Crippen LogP contribution < -0.4 is 5.73 Å². The van der Waals surface area contributed by atoms with Crippen LogP contribution in [0.25, 0.3) is 28.0 Å². The number of nitrogens with zero attached hydrogens (tertiary/aromatic N) is 4. The van der Waals surface area contributed by atoms with Gasteiger partial charge >= 0.3 is 0 Å². The van der Waals surface area contributed by atoms with E-state index in [1.807, 2.05) is 37.3 Å². The van der Waals surface area contributed by atoms with Crippen LogP contribution in [0.15, 0.2) is 66.0 Å². The van der Waals surface area contributed by atoms with Gasteiger partial charge in [0.15, 0.2) is 0 Å². The molecule has 2 aromatic heterocycles. The third-order valence-electron chi connectivity index (χ3n) is 6.04. The van der Waals surface area contributed by atoms with E-state index in [2.05, 4.69) is 16.0 Å². The number of hydrogen-bond acceptors (Lipinski definition) is 5. The van der Waals surface area contributed by atoms with Crippen LogP contribution in [0.4, 0.5) is 0 Å². The van der Waals surface area contributed by atoms with Crippen LogP contribution in [0, 0.1) is 6.92 Å². The van der Waals surface area contributed by atoms with Gasteiger partial charge in [-0.1, -0.05) is 35.9 Å². The molecular formula is C25H25N5O2S. The quantitative estimate of drug-likeness (QED) is 0.505. The second-order valence-corrected chi connectivity index (χ2v) is 9.84. The Bertz CT molecular complexity index is 1380. The van der Waals surface area contributed by atoms with Gasteiger partial charge in [-0.15, -0.1) is 0 Å². The summed E-state index contributed by atoms with van der Waals surface area (Å²) in [5, 5.41) is 0.817. The van der Waals surface area contributed by atoms with E-state index in [1.54, 1.807) is 40.4 Å². The van der Waals surface area contributed by atoms with E-state index in [1.165, 1.54) is 5.56 Å². The Labute approximate surface area is 194 Å². The lowest BCUT2D eigenvalue weighted by Gasteiger charge is -2.16. The van der Waals surface area contributed by atoms with Gasteiger partial charge in [-0.3, -0.25) is 13.6 Å². The van der Waals surface area contributed by atoms with Gasteiger partial charge < -0.3 is 10.6 Å². The number of nitrogens with two attached hydrogens (primary N) is 1. The van der Waals surface area contributed by atoms with Crippen molar-refractivity contribution >= 4 is 27.6 Å². The van der Waals surface area contributed by atoms with Gasteiger partial charge in [0.05, 0.1) is 21.2 Å². The number of fused-ring (bicyclic) bond motifs is 1. The molecule has 1 unspecified atom stereocenters. The molecule has 3 heterocycles. The molecule has 168 valence electrons. The van der Waals surface area contributed by atoms with Gasteiger partial charge in [-0.2, -0.15) is 0 Å². The molecule has 2 atom stereocenters. The highest BCUT2D eigenvalue weighted by Gasteiger charge is 2.25. The van der Waals surface area contributed by atoms with E-state index in [0.29, 0.717) is 29.5 Å². The first-order chi connectivity index (χ1) is 15.9. The molecule has 1 aliphatic rings. The van der Waals surface area contributed by atoms with Crippen molar-refractivity contribution in [2.75, 3.05) is 19.3 Å². The third kappa shape index (κ3) is 4.07. The largest absolute Gasteiger partial charge is 0.337 e. The highest BCUT2D eigenvalue weighted by atomic mass is 32.2. The fourth-order valence-electron chi connectivity index (χ4n) is 4.30. The second kappa shape index (κ2) is 8.53. The number of likely N-dealkylation sites (tertiary alicyclic amines) is 1. The van der Waals surface area contributed by atoms with Crippen molar-refractivity contribution in [3.05, 3.63) is 72.2 Å². The Balaban J connectivity index is 1.56. The predicted molar refractivity (Wildman–Crippen MR) is 130 cm³/mol. The van der Waals surface area contributed by atoms with E-state index < -0.39 is 10.8 Å². The lowest BCUT2D eigenvalue weighted by molar-refractivity contribution is 0.0791. The summed E-state index contributed by atoms with van der Waals surface area (Å²) < 4.78 is 14.2. The fraction of sp³-hybridized carbons (Fsp3) is 0.240.